The van der Waals surface area contributed by atoms with Crippen molar-refractivity contribution in [1.29, 1.82) is 0 Å². The second-order valence-electron chi connectivity index (χ2n) is 4.61. The number of para-hydroxylation sites is 1. The Bertz CT molecular complexity index is 558. The standard InChI is InChI=1S/C13H18F3NO3S/c1-2-10(7-8-18)9-17-11-5-3-4-6-12(11)21(19,20)13(14,15)16/h3-6,10,17-18H,2,7-9H2,1H3/t10-/m1/s1. The molecule has 1 rings (SSSR count). The highest BCUT2D eigenvalue weighted by Crippen LogP contribution is 2.34. The summed E-state index contributed by atoms with van der Waals surface area (Å²) in [6, 6.07) is 4.93. The van der Waals surface area contributed by atoms with Gasteiger partial charge in [0.25, 0.3) is 9.84 Å². The van der Waals surface area contributed by atoms with Crippen LogP contribution in [0.5, 0.6) is 0 Å². The zero-order chi connectivity index (χ0) is 16.1. The van der Waals surface area contributed by atoms with E-state index in [1.54, 1.807) is 0 Å². The largest absolute Gasteiger partial charge is 0.501 e. The van der Waals surface area contributed by atoms with Gasteiger partial charge >= 0.3 is 5.51 Å². The number of nitrogens with one attached hydrogen (secondary N) is 1. The summed E-state index contributed by atoms with van der Waals surface area (Å²) in [5, 5.41) is 11.6. The van der Waals surface area contributed by atoms with Crippen molar-refractivity contribution in [2.45, 2.75) is 30.2 Å². The van der Waals surface area contributed by atoms with Crippen LogP contribution in [-0.4, -0.2) is 32.2 Å². The van der Waals surface area contributed by atoms with E-state index in [4.69, 9.17) is 5.11 Å². The molecule has 0 saturated heterocycles. The van der Waals surface area contributed by atoms with Gasteiger partial charge in [-0.25, -0.2) is 8.42 Å². The third-order valence-electron chi connectivity index (χ3n) is 3.18. The van der Waals surface area contributed by atoms with Gasteiger partial charge in [-0.3, -0.25) is 0 Å². The van der Waals surface area contributed by atoms with Gasteiger partial charge in [-0.05, 0) is 24.5 Å². The molecule has 21 heavy (non-hydrogen) atoms. The number of alkyl halides is 3. The predicted octanol–water partition coefficient (Wildman–Crippen LogP) is 2.80. The third-order valence-corrected chi connectivity index (χ3v) is 4.72. The van der Waals surface area contributed by atoms with Crippen molar-refractivity contribution in [3.8, 4) is 0 Å². The highest BCUT2D eigenvalue weighted by atomic mass is 32.2. The molecule has 0 fully saturated rings. The molecule has 8 heteroatoms. The van der Waals surface area contributed by atoms with Gasteiger partial charge < -0.3 is 10.4 Å². The van der Waals surface area contributed by atoms with Crippen LogP contribution >= 0.6 is 0 Å². The number of hydrogen-bond acceptors (Lipinski definition) is 4. The van der Waals surface area contributed by atoms with Crippen LogP contribution < -0.4 is 5.32 Å². The van der Waals surface area contributed by atoms with E-state index in [9.17, 15) is 21.6 Å². The van der Waals surface area contributed by atoms with Gasteiger partial charge in [0.2, 0.25) is 0 Å². The Morgan fingerprint density at radius 2 is 1.90 bits per heavy atom. The van der Waals surface area contributed by atoms with E-state index in [0.717, 1.165) is 12.5 Å². The molecule has 2 N–H and O–H groups in total. The van der Waals surface area contributed by atoms with Crippen molar-refractivity contribution in [3.05, 3.63) is 24.3 Å². The van der Waals surface area contributed by atoms with E-state index >= 15 is 0 Å². The van der Waals surface area contributed by atoms with Crippen LogP contribution in [0.1, 0.15) is 19.8 Å². The number of aliphatic hydroxyl groups excluding tert-OH is 1. The zero-order valence-corrected chi connectivity index (χ0v) is 12.3. The lowest BCUT2D eigenvalue weighted by Gasteiger charge is -2.18. The summed E-state index contributed by atoms with van der Waals surface area (Å²) >= 11 is 0. The molecule has 0 spiro atoms. The lowest BCUT2D eigenvalue weighted by Crippen LogP contribution is -2.25. The van der Waals surface area contributed by atoms with Gasteiger partial charge in [-0.2, -0.15) is 13.2 Å². The molecule has 0 bridgehead atoms. The number of anilines is 1. The number of rotatable bonds is 7. The first-order valence-corrected chi connectivity index (χ1v) is 7.97. The summed E-state index contributed by atoms with van der Waals surface area (Å²) in [6.45, 7) is 2.16. The summed E-state index contributed by atoms with van der Waals surface area (Å²) in [4.78, 5) is -0.781. The number of hydrogen-bond donors (Lipinski definition) is 2. The molecular weight excluding hydrogens is 307 g/mol. The monoisotopic (exact) mass is 325 g/mol. The Morgan fingerprint density at radius 3 is 2.43 bits per heavy atom. The number of sulfone groups is 1. The van der Waals surface area contributed by atoms with Gasteiger partial charge in [-0.1, -0.05) is 25.5 Å². The first-order valence-electron chi connectivity index (χ1n) is 6.49. The van der Waals surface area contributed by atoms with Crippen LogP contribution in [0.25, 0.3) is 0 Å². The molecule has 0 aliphatic carbocycles. The smallest absolute Gasteiger partial charge is 0.396 e. The number of benzene rings is 1. The highest BCUT2D eigenvalue weighted by Gasteiger charge is 2.47. The second kappa shape index (κ2) is 7.13. The zero-order valence-electron chi connectivity index (χ0n) is 11.5. The molecule has 0 aromatic heterocycles. The minimum Gasteiger partial charge on any atom is -0.396 e. The van der Waals surface area contributed by atoms with E-state index in [2.05, 4.69) is 5.32 Å². The molecule has 0 amide bonds. The number of aliphatic hydroxyl groups is 1. The summed E-state index contributed by atoms with van der Waals surface area (Å²) in [7, 11) is -5.39. The first kappa shape index (κ1) is 17.8. The van der Waals surface area contributed by atoms with E-state index < -0.39 is 20.2 Å². The predicted molar refractivity (Wildman–Crippen MR) is 73.7 cm³/mol. The molecule has 0 radical (unpaired) electrons. The topological polar surface area (TPSA) is 66.4 Å². The molecule has 0 unspecified atom stereocenters. The molecule has 0 saturated carbocycles. The Kier molecular flexibility index (Phi) is 6.03. The molecule has 1 aromatic rings. The normalized spacial score (nSPS) is 14.0. The quantitative estimate of drug-likeness (QED) is 0.809. The van der Waals surface area contributed by atoms with Crippen molar-refractivity contribution in [1.82, 2.24) is 0 Å². The van der Waals surface area contributed by atoms with Crippen molar-refractivity contribution in [2.24, 2.45) is 5.92 Å². The van der Waals surface area contributed by atoms with Crippen molar-refractivity contribution in [3.63, 3.8) is 0 Å². The summed E-state index contributed by atoms with van der Waals surface area (Å²) in [5.74, 6) is 0.0525. The average molecular weight is 325 g/mol. The van der Waals surface area contributed by atoms with Gasteiger partial charge in [0.05, 0.1) is 10.6 Å². The van der Waals surface area contributed by atoms with Crippen molar-refractivity contribution >= 4 is 15.5 Å². The van der Waals surface area contributed by atoms with E-state index in [0.29, 0.717) is 13.0 Å². The fourth-order valence-electron chi connectivity index (χ4n) is 1.86. The maximum Gasteiger partial charge on any atom is 0.501 e. The molecular formula is C13H18F3NO3S. The fourth-order valence-corrected chi connectivity index (χ4v) is 2.80. The van der Waals surface area contributed by atoms with E-state index in [1.807, 2.05) is 6.92 Å². The SMILES string of the molecule is CC[C@H](CCO)CNc1ccccc1S(=O)(=O)C(F)(F)F. The number of halogens is 3. The van der Waals surface area contributed by atoms with Crippen LogP contribution in [0.3, 0.4) is 0 Å². The molecule has 0 aliphatic heterocycles. The Balaban J connectivity index is 3.01. The molecule has 4 nitrogen and oxygen atoms in total. The van der Waals surface area contributed by atoms with Gasteiger partial charge in [0.1, 0.15) is 0 Å². The molecule has 120 valence electrons. The Labute approximate surface area is 121 Å². The second-order valence-corrected chi connectivity index (χ2v) is 6.52. The summed E-state index contributed by atoms with van der Waals surface area (Å²) < 4.78 is 60.9. The first-order chi connectivity index (χ1) is 9.74. The van der Waals surface area contributed by atoms with E-state index in [1.165, 1.54) is 18.2 Å². The summed E-state index contributed by atoms with van der Waals surface area (Å²) in [5.41, 5.74) is -5.41. The minimum absolute atomic E-state index is 0.0251. The highest BCUT2D eigenvalue weighted by molar-refractivity contribution is 7.92. The Hall–Kier alpha value is -1.28. The maximum atomic E-state index is 12.6. The lowest BCUT2D eigenvalue weighted by atomic mass is 10.0. The van der Waals surface area contributed by atoms with Gasteiger partial charge in [0, 0.05) is 13.2 Å². The van der Waals surface area contributed by atoms with Crippen molar-refractivity contribution < 1.29 is 26.7 Å². The molecule has 0 aliphatic rings. The van der Waals surface area contributed by atoms with Crippen LogP contribution in [0, 0.1) is 5.92 Å². The lowest BCUT2D eigenvalue weighted by molar-refractivity contribution is -0.0435. The van der Waals surface area contributed by atoms with Crippen molar-refractivity contribution in [2.75, 3.05) is 18.5 Å². The van der Waals surface area contributed by atoms with Crippen LogP contribution in [0.4, 0.5) is 18.9 Å². The van der Waals surface area contributed by atoms with Crippen LogP contribution in [-0.2, 0) is 9.84 Å². The molecule has 1 aromatic carbocycles. The summed E-state index contributed by atoms with van der Waals surface area (Å²) in [6.07, 6.45) is 1.22. The van der Waals surface area contributed by atoms with E-state index in [-0.39, 0.29) is 18.2 Å². The van der Waals surface area contributed by atoms with Gasteiger partial charge in [0.15, 0.2) is 0 Å². The Morgan fingerprint density at radius 1 is 1.29 bits per heavy atom. The fraction of sp³-hybridized carbons (Fsp3) is 0.538. The maximum absolute atomic E-state index is 12.6. The average Bonchev–Trinajstić information content (AvgIpc) is 2.42. The van der Waals surface area contributed by atoms with Gasteiger partial charge in [-0.15, -0.1) is 0 Å². The minimum atomic E-state index is -5.39. The molecule has 1 atom stereocenters. The third kappa shape index (κ3) is 4.34. The van der Waals surface area contributed by atoms with Crippen LogP contribution in [0.2, 0.25) is 0 Å². The van der Waals surface area contributed by atoms with Crippen LogP contribution in [0.15, 0.2) is 29.2 Å². The molecule has 0 heterocycles.